The predicted molar refractivity (Wildman–Crippen MR) is 179 cm³/mol. The monoisotopic (exact) mass is 640 g/mol. The first-order valence-corrected chi connectivity index (χ1v) is 16.7. The minimum atomic E-state index is -1.38. The molecule has 2 aromatic rings. The second-order valence-corrected chi connectivity index (χ2v) is 14.0. The highest BCUT2D eigenvalue weighted by atomic mass is 16.6. The number of rotatable bonds is 7. The van der Waals surface area contributed by atoms with E-state index in [0.717, 1.165) is 17.7 Å². The van der Waals surface area contributed by atoms with Gasteiger partial charge in [-0.3, -0.25) is 14.4 Å². The minimum Gasteiger partial charge on any atom is -0.438 e. The van der Waals surface area contributed by atoms with Crippen LogP contribution in [-0.4, -0.2) is 98.6 Å². The van der Waals surface area contributed by atoms with Crippen molar-refractivity contribution in [1.82, 2.24) is 25.2 Å². The first-order valence-electron chi connectivity index (χ1n) is 16.7. The number of benzene rings is 1. The number of nitrogens with one attached hydrogen (secondary N) is 1. The lowest BCUT2D eigenvalue weighted by atomic mass is 9.67. The molecule has 2 aliphatic rings. The Morgan fingerprint density at radius 3 is 2.59 bits per heavy atom. The fraction of sp³-hybridized carbons (Fsp3) is 0.697. The topological polar surface area (TPSA) is 165 Å². The van der Waals surface area contributed by atoms with Gasteiger partial charge in [-0.25, -0.2) is 4.79 Å². The summed E-state index contributed by atoms with van der Waals surface area (Å²) in [6.07, 6.45) is 1.95. The van der Waals surface area contributed by atoms with E-state index in [2.05, 4.69) is 22.6 Å². The predicted octanol–water partition coefficient (Wildman–Crippen LogP) is 2.79. The molecule has 9 atom stereocenters. The van der Waals surface area contributed by atoms with Crippen molar-refractivity contribution >= 4 is 25.4 Å². The number of ketones is 1. The van der Waals surface area contributed by atoms with Gasteiger partial charge in [0.25, 0.3) is 0 Å². The Bertz CT molecular complexity index is 1340. The fourth-order valence-electron chi connectivity index (χ4n) is 7.04. The summed E-state index contributed by atoms with van der Waals surface area (Å²) < 4.78 is 14.1. The summed E-state index contributed by atoms with van der Waals surface area (Å²) >= 11 is 0. The summed E-state index contributed by atoms with van der Waals surface area (Å²) in [6, 6.07) is 6.90. The molecule has 2 saturated heterocycles. The van der Waals surface area contributed by atoms with Gasteiger partial charge < -0.3 is 30.7 Å². The minimum absolute atomic E-state index is 0.0963. The first-order chi connectivity index (χ1) is 21.7. The summed E-state index contributed by atoms with van der Waals surface area (Å²) in [4.78, 5) is 28.4. The van der Waals surface area contributed by atoms with E-state index < -0.39 is 41.6 Å². The Kier molecular flexibility index (Phi) is 11.6. The lowest BCUT2D eigenvalue weighted by Crippen LogP contribution is -2.61. The number of aromatic nitrogens is 3. The van der Waals surface area contributed by atoms with Crippen molar-refractivity contribution in [2.75, 3.05) is 18.8 Å². The summed E-state index contributed by atoms with van der Waals surface area (Å²) in [7, 11) is 1.87. The van der Waals surface area contributed by atoms with Crippen LogP contribution in [0.15, 0.2) is 30.5 Å². The van der Waals surface area contributed by atoms with Gasteiger partial charge in [0.05, 0.1) is 23.8 Å². The number of Topliss-reactive ketones (excluding diaryl/α,β-unsaturated/α-hetero) is 1. The number of unbranched alkanes of at least 4 members (excludes halogenated alkanes) is 1. The maximum Gasteiger partial charge on any atom is 0.410 e. The second-order valence-electron chi connectivity index (χ2n) is 14.0. The Morgan fingerprint density at radius 1 is 1.17 bits per heavy atom. The van der Waals surface area contributed by atoms with E-state index in [4.69, 9.17) is 15.2 Å². The SMILES string of the molecule is B[C@@H]1CC(=O)[C@@H](C)C(O)O[C@H](CC)[C@@]2(C)OC(=O)N(CCCCn3cc(-c4cccc(N)c4)nn3)[C@@H]2[C@@H](C)NC[C@H](C)C[C@]1(C)O. The van der Waals surface area contributed by atoms with E-state index in [0.29, 0.717) is 44.6 Å². The van der Waals surface area contributed by atoms with Crippen LogP contribution in [0.2, 0.25) is 5.82 Å². The largest absolute Gasteiger partial charge is 0.438 e. The molecule has 3 heterocycles. The Hall–Kier alpha value is -3.00. The van der Waals surface area contributed by atoms with Crippen LogP contribution in [0, 0.1) is 11.8 Å². The van der Waals surface area contributed by atoms with Crippen LogP contribution in [0.3, 0.4) is 0 Å². The van der Waals surface area contributed by atoms with E-state index in [9.17, 15) is 19.8 Å². The number of nitrogens with two attached hydrogens (primary N) is 1. The number of hydrogen-bond donors (Lipinski definition) is 4. The van der Waals surface area contributed by atoms with Gasteiger partial charge in [-0.1, -0.05) is 38.1 Å². The van der Waals surface area contributed by atoms with Crippen LogP contribution in [0.25, 0.3) is 11.3 Å². The Labute approximate surface area is 273 Å². The van der Waals surface area contributed by atoms with Gasteiger partial charge in [0.15, 0.2) is 11.9 Å². The molecule has 46 heavy (non-hydrogen) atoms. The molecule has 2 aliphatic heterocycles. The van der Waals surface area contributed by atoms with Gasteiger partial charge in [-0.2, -0.15) is 0 Å². The molecule has 13 heteroatoms. The number of anilines is 1. The molecule has 5 N–H and O–H groups in total. The number of aryl methyl sites for hydroxylation is 1. The van der Waals surface area contributed by atoms with Crippen molar-refractivity contribution in [2.24, 2.45) is 11.8 Å². The summed E-state index contributed by atoms with van der Waals surface area (Å²) in [5.41, 5.74) is 6.07. The summed E-state index contributed by atoms with van der Waals surface area (Å²) in [6.45, 7) is 13.0. The first kappa shape index (κ1) is 35.9. The molecule has 1 amide bonds. The molecule has 0 spiro atoms. The number of nitrogens with zero attached hydrogens (tertiary/aromatic N) is 4. The van der Waals surface area contributed by atoms with Crippen LogP contribution >= 0.6 is 0 Å². The molecule has 0 bridgehead atoms. The lowest BCUT2D eigenvalue weighted by molar-refractivity contribution is -0.209. The zero-order chi connectivity index (χ0) is 33.8. The van der Waals surface area contributed by atoms with Gasteiger partial charge >= 0.3 is 6.09 Å². The van der Waals surface area contributed by atoms with Crippen molar-refractivity contribution in [3.63, 3.8) is 0 Å². The molecular weight excluding hydrogens is 587 g/mol. The maximum atomic E-state index is 13.5. The number of carbonyl (C=O) groups excluding carboxylic acids is 2. The molecule has 4 rings (SSSR count). The van der Waals surface area contributed by atoms with Crippen LogP contribution < -0.4 is 11.1 Å². The number of amides is 1. The van der Waals surface area contributed by atoms with Gasteiger partial charge in [0, 0.05) is 36.8 Å². The average Bonchev–Trinajstić information content (AvgIpc) is 3.57. The third-order valence-electron chi connectivity index (χ3n) is 10.1. The zero-order valence-electron chi connectivity index (χ0n) is 28.5. The van der Waals surface area contributed by atoms with Crippen molar-refractivity contribution in [3.05, 3.63) is 30.5 Å². The van der Waals surface area contributed by atoms with E-state index in [1.54, 1.807) is 23.4 Å². The Morgan fingerprint density at radius 2 is 1.89 bits per heavy atom. The standard InChI is InChI=1S/C33H53BN6O6/c1-7-28-33(6)29(22(4)36-18-20(2)17-32(5,44)27(34)16-26(41)21(3)30(42)45-28)40(31(43)46-33)14-9-8-13-39-19-25(37-38-39)23-11-10-12-24(35)15-23/h10-12,15,19-22,27-30,36,42,44H,7-9,13-14,16-18,34-35H2,1-6H3/t20-,21-,22-,27-,28-,29-,30?,32+,33-/m1/s1. The normalized spacial score (nSPS) is 34.9. The van der Waals surface area contributed by atoms with Gasteiger partial charge in [-0.05, 0) is 76.9 Å². The quantitative estimate of drug-likeness (QED) is 0.201. The van der Waals surface area contributed by atoms with Crippen molar-refractivity contribution in [1.29, 1.82) is 0 Å². The summed E-state index contributed by atoms with van der Waals surface area (Å²) in [5.74, 6) is -1.18. The molecule has 12 nitrogen and oxygen atoms in total. The average molecular weight is 641 g/mol. The van der Waals surface area contributed by atoms with Crippen LogP contribution in [0.4, 0.5) is 10.5 Å². The third kappa shape index (κ3) is 8.10. The highest BCUT2D eigenvalue weighted by Crippen LogP contribution is 2.39. The van der Waals surface area contributed by atoms with Crippen LogP contribution in [-0.2, 0) is 20.8 Å². The second kappa shape index (κ2) is 14.8. The highest BCUT2D eigenvalue weighted by Gasteiger charge is 2.57. The maximum absolute atomic E-state index is 13.5. The van der Waals surface area contributed by atoms with Crippen molar-refractivity contribution < 1.29 is 29.3 Å². The number of aliphatic hydroxyl groups excluding tert-OH is 1. The molecule has 0 saturated carbocycles. The van der Waals surface area contributed by atoms with E-state index >= 15 is 0 Å². The number of nitrogen functional groups attached to an aromatic ring is 1. The van der Waals surface area contributed by atoms with E-state index in [1.165, 1.54) is 0 Å². The molecule has 1 aromatic heterocycles. The molecule has 0 aliphatic carbocycles. The Balaban J connectivity index is 1.51. The smallest absolute Gasteiger partial charge is 0.410 e. The number of hydrogen-bond acceptors (Lipinski definition) is 10. The van der Waals surface area contributed by atoms with Crippen molar-refractivity contribution in [3.8, 4) is 11.3 Å². The molecule has 1 unspecified atom stereocenters. The van der Waals surface area contributed by atoms with Gasteiger partial charge in [0.1, 0.15) is 25.4 Å². The molecule has 0 radical (unpaired) electrons. The van der Waals surface area contributed by atoms with Gasteiger partial charge in [0.2, 0.25) is 0 Å². The zero-order valence-corrected chi connectivity index (χ0v) is 28.5. The number of carbonyl (C=O) groups is 2. The van der Waals surface area contributed by atoms with Crippen LogP contribution in [0.5, 0.6) is 0 Å². The van der Waals surface area contributed by atoms with Gasteiger partial charge in [-0.15, -0.1) is 5.10 Å². The third-order valence-corrected chi connectivity index (χ3v) is 10.1. The fourth-order valence-corrected chi connectivity index (χ4v) is 7.04. The molecule has 254 valence electrons. The number of ether oxygens (including phenoxy) is 2. The molecular formula is C33H53BN6O6. The van der Waals surface area contributed by atoms with E-state index in [1.807, 2.05) is 59.1 Å². The van der Waals surface area contributed by atoms with E-state index in [-0.39, 0.29) is 30.0 Å². The lowest BCUT2D eigenvalue weighted by Gasteiger charge is -2.42. The summed E-state index contributed by atoms with van der Waals surface area (Å²) in [5, 5.41) is 34.5. The highest BCUT2D eigenvalue weighted by molar-refractivity contribution is 6.14. The number of aliphatic hydroxyl groups is 2. The molecule has 2 fully saturated rings. The van der Waals surface area contributed by atoms with Crippen molar-refractivity contribution in [2.45, 2.75) is 122 Å². The molecule has 1 aromatic carbocycles. The number of fused-ring (bicyclic) bond motifs is 1. The van der Waals surface area contributed by atoms with Crippen LogP contribution in [0.1, 0.15) is 73.6 Å².